The van der Waals surface area contributed by atoms with E-state index in [2.05, 4.69) is 19.9 Å². The number of aromatic nitrogens is 2. The van der Waals surface area contributed by atoms with Gasteiger partial charge in [-0.1, -0.05) is 0 Å². The average Bonchev–Trinajstić information content (AvgIpc) is 2.86. The highest BCUT2D eigenvalue weighted by Crippen LogP contribution is 2.42. The van der Waals surface area contributed by atoms with E-state index in [0.29, 0.717) is 5.69 Å². The number of nitrogens with one attached hydrogen (secondary N) is 1. The van der Waals surface area contributed by atoms with Crippen LogP contribution in [0.2, 0.25) is 0 Å². The van der Waals surface area contributed by atoms with Crippen LogP contribution in [0.25, 0.3) is 0 Å². The molecule has 1 aromatic carbocycles. The van der Waals surface area contributed by atoms with Crippen molar-refractivity contribution in [2.24, 2.45) is 7.05 Å². The van der Waals surface area contributed by atoms with Crippen molar-refractivity contribution in [2.75, 3.05) is 5.32 Å². The Kier molecular flexibility index (Phi) is 3.00. The second kappa shape index (κ2) is 4.61. The summed E-state index contributed by atoms with van der Waals surface area (Å²) in [5, 5.41) is 7.52. The van der Waals surface area contributed by atoms with E-state index in [1.54, 1.807) is 10.7 Å². The first-order valence-corrected chi connectivity index (χ1v) is 6.50. The predicted octanol–water partition coefficient (Wildman–Crippen LogP) is 3.22. The number of fused-ring (bicyclic) bond motifs is 1. The summed E-state index contributed by atoms with van der Waals surface area (Å²) in [6, 6.07) is 4.62. The summed E-state index contributed by atoms with van der Waals surface area (Å²) in [6.45, 7) is 3.90. The molecule has 1 aliphatic rings. The maximum atomic E-state index is 13.0. The lowest BCUT2D eigenvalue weighted by molar-refractivity contribution is -0.286. The molecule has 1 atom stereocenters. The van der Waals surface area contributed by atoms with E-state index in [-0.39, 0.29) is 17.5 Å². The molecule has 0 aliphatic carbocycles. The zero-order chi connectivity index (χ0) is 15.2. The van der Waals surface area contributed by atoms with Crippen molar-refractivity contribution >= 4 is 5.69 Å². The van der Waals surface area contributed by atoms with Gasteiger partial charge in [0.15, 0.2) is 11.5 Å². The molecule has 0 spiro atoms. The van der Waals surface area contributed by atoms with Crippen LogP contribution in [0, 0.1) is 6.92 Å². The van der Waals surface area contributed by atoms with Gasteiger partial charge in [0.1, 0.15) is 0 Å². The van der Waals surface area contributed by atoms with Gasteiger partial charge in [0.05, 0.1) is 11.7 Å². The zero-order valence-corrected chi connectivity index (χ0v) is 11.9. The first kappa shape index (κ1) is 13.7. The van der Waals surface area contributed by atoms with Crippen LogP contribution in [0.15, 0.2) is 24.4 Å². The Morgan fingerprint density at radius 2 is 2.00 bits per heavy atom. The summed E-state index contributed by atoms with van der Waals surface area (Å²) in [4.78, 5) is 0. The number of hydrogen-bond donors (Lipinski definition) is 1. The van der Waals surface area contributed by atoms with Crippen molar-refractivity contribution in [3.8, 4) is 11.5 Å². The zero-order valence-electron chi connectivity index (χ0n) is 11.9. The summed E-state index contributed by atoms with van der Waals surface area (Å²) >= 11 is 0. The molecule has 1 N–H and O–H groups in total. The van der Waals surface area contributed by atoms with Gasteiger partial charge in [-0.15, -0.1) is 8.78 Å². The van der Waals surface area contributed by atoms with Gasteiger partial charge in [-0.05, 0) is 26.0 Å². The van der Waals surface area contributed by atoms with Crippen LogP contribution in [-0.4, -0.2) is 16.1 Å². The molecule has 1 aromatic heterocycles. The standard InChI is InChI=1S/C14H15F2N3O2/c1-8(11-7-19(3)18-9(11)2)17-10-4-5-12-13(6-10)21-14(15,16)20-12/h4-8,17H,1-3H3. The Balaban J connectivity index is 1.79. The molecule has 0 amide bonds. The van der Waals surface area contributed by atoms with Crippen LogP contribution >= 0.6 is 0 Å². The van der Waals surface area contributed by atoms with E-state index < -0.39 is 6.29 Å². The van der Waals surface area contributed by atoms with Crippen molar-refractivity contribution in [3.05, 3.63) is 35.7 Å². The van der Waals surface area contributed by atoms with Gasteiger partial charge in [0.2, 0.25) is 0 Å². The summed E-state index contributed by atoms with van der Waals surface area (Å²) in [7, 11) is 1.85. The molecule has 7 heteroatoms. The van der Waals surface area contributed by atoms with Gasteiger partial charge in [-0.3, -0.25) is 4.68 Å². The number of ether oxygens (including phenoxy) is 2. The number of hydrogen-bond acceptors (Lipinski definition) is 4. The molecule has 21 heavy (non-hydrogen) atoms. The fourth-order valence-corrected chi connectivity index (χ4v) is 2.41. The molecule has 1 unspecified atom stereocenters. The van der Waals surface area contributed by atoms with E-state index in [9.17, 15) is 8.78 Å². The Morgan fingerprint density at radius 3 is 2.67 bits per heavy atom. The highest BCUT2D eigenvalue weighted by Gasteiger charge is 2.43. The number of anilines is 1. The van der Waals surface area contributed by atoms with E-state index in [1.807, 2.05) is 27.1 Å². The highest BCUT2D eigenvalue weighted by molar-refractivity contribution is 5.56. The van der Waals surface area contributed by atoms with Gasteiger partial charge < -0.3 is 14.8 Å². The maximum absolute atomic E-state index is 13.0. The molecule has 0 radical (unpaired) electrons. The molecular formula is C14H15F2N3O2. The quantitative estimate of drug-likeness (QED) is 0.944. The molecule has 1 aliphatic heterocycles. The number of aryl methyl sites for hydroxylation is 2. The predicted molar refractivity (Wildman–Crippen MR) is 72.6 cm³/mol. The second-order valence-electron chi connectivity index (χ2n) is 5.04. The number of nitrogens with zero attached hydrogens (tertiary/aromatic N) is 2. The van der Waals surface area contributed by atoms with Gasteiger partial charge in [0.25, 0.3) is 0 Å². The Hall–Kier alpha value is -2.31. The third-order valence-corrected chi connectivity index (χ3v) is 3.30. The third-order valence-electron chi connectivity index (χ3n) is 3.30. The lowest BCUT2D eigenvalue weighted by atomic mass is 10.1. The summed E-state index contributed by atoms with van der Waals surface area (Å²) in [5.41, 5.74) is 2.64. The molecule has 5 nitrogen and oxygen atoms in total. The fraction of sp³-hybridized carbons (Fsp3) is 0.357. The van der Waals surface area contributed by atoms with Gasteiger partial charge in [-0.2, -0.15) is 5.10 Å². The van der Waals surface area contributed by atoms with Crippen LogP contribution < -0.4 is 14.8 Å². The number of rotatable bonds is 3. The lowest BCUT2D eigenvalue weighted by Crippen LogP contribution is -2.25. The normalized spacial score (nSPS) is 16.8. The molecule has 0 fully saturated rings. The minimum absolute atomic E-state index is 0.0143. The number of benzene rings is 1. The molecule has 0 saturated carbocycles. The molecule has 3 rings (SSSR count). The van der Waals surface area contributed by atoms with Crippen molar-refractivity contribution < 1.29 is 18.3 Å². The van der Waals surface area contributed by atoms with Crippen molar-refractivity contribution in [2.45, 2.75) is 26.2 Å². The topological polar surface area (TPSA) is 48.3 Å². The average molecular weight is 295 g/mol. The van der Waals surface area contributed by atoms with Crippen LogP contribution in [0.3, 0.4) is 0 Å². The maximum Gasteiger partial charge on any atom is 0.586 e. The minimum Gasteiger partial charge on any atom is -0.395 e. The van der Waals surface area contributed by atoms with Crippen molar-refractivity contribution in [3.63, 3.8) is 0 Å². The second-order valence-corrected chi connectivity index (χ2v) is 5.04. The van der Waals surface area contributed by atoms with Crippen LogP contribution in [0.4, 0.5) is 14.5 Å². The SMILES string of the molecule is Cc1nn(C)cc1C(C)Nc1ccc2c(c1)OC(F)(F)O2. The molecule has 2 heterocycles. The smallest absolute Gasteiger partial charge is 0.395 e. The van der Waals surface area contributed by atoms with Gasteiger partial charge in [0, 0.05) is 30.6 Å². The summed E-state index contributed by atoms with van der Waals surface area (Å²) in [6.07, 6.45) is -1.67. The van der Waals surface area contributed by atoms with Crippen LogP contribution in [-0.2, 0) is 7.05 Å². The first-order valence-electron chi connectivity index (χ1n) is 6.50. The van der Waals surface area contributed by atoms with E-state index in [1.165, 1.54) is 12.1 Å². The van der Waals surface area contributed by atoms with Gasteiger partial charge in [-0.25, -0.2) is 0 Å². The van der Waals surface area contributed by atoms with E-state index >= 15 is 0 Å². The van der Waals surface area contributed by atoms with Crippen LogP contribution in [0.5, 0.6) is 11.5 Å². The lowest BCUT2D eigenvalue weighted by Gasteiger charge is -2.14. The largest absolute Gasteiger partial charge is 0.586 e. The monoisotopic (exact) mass is 295 g/mol. The molecule has 0 saturated heterocycles. The van der Waals surface area contributed by atoms with Crippen molar-refractivity contribution in [1.82, 2.24) is 9.78 Å². The molecule has 112 valence electrons. The Labute approximate surface area is 120 Å². The Bertz CT molecular complexity index is 685. The molecular weight excluding hydrogens is 280 g/mol. The number of halogens is 2. The molecule has 2 aromatic rings. The van der Waals surface area contributed by atoms with E-state index in [0.717, 1.165) is 11.3 Å². The number of alkyl halides is 2. The first-order chi connectivity index (χ1) is 9.84. The van der Waals surface area contributed by atoms with Gasteiger partial charge >= 0.3 is 6.29 Å². The fourth-order valence-electron chi connectivity index (χ4n) is 2.41. The molecule has 0 bridgehead atoms. The highest BCUT2D eigenvalue weighted by atomic mass is 19.3. The third kappa shape index (κ3) is 2.63. The van der Waals surface area contributed by atoms with E-state index in [4.69, 9.17) is 0 Å². The van der Waals surface area contributed by atoms with Crippen molar-refractivity contribution in [1.29, 1.82) is 0 Å². The summed E-state index contributed by atoms with van der Waals surface area (Å²) in [5.74, 6) is 0.0656. The van der Waals surface area contributed by atoms with Crippen LogP contribution in [0.1, 0.15) is 24.2 Å². The summed E-state index contributed by atoms with van der Waals surface area (Å²) < 4.78 is 36.5. The Morgan fingerprint density at radius 1 is 1.29 bits per heavy atom. The minimum atomic E-state index is -3.59.